The van der Waals surface area contributed by atoms with Gasteiger partial charge in [-0.3, -0.25) is 14.3 Å². The van der Waals surface area contributed by atoms with Gasteiger partial charge in [0.25, 0.3) is 5.91 Å². The average molecular weight is 637 g/mol. The van der Waals surface area contributed by atoms with Crippen LogP contribution in [0.1, 0.15) is 90.8 Å². The summed E-state index contributed by atoms with van der Waals surface area (Å²) in [7, 11) is 1.69. The van der Waals surface area contributed by atoms with Gasteiger partial charge in [-0.25, -0.2) is 9.37 Å². The third kappa shape index (κ3) is 5.60. The van der Waals surface area contributed by atoms with Gasteiger partial charge in [-0.1, -0.05) is 11.6 Å². The number of nitrogens with one attached hydrogen (secondary N) is 1. The number of anilines is 1. The first-order valence-corrected chi connectivity index (χ1v) is 15.1. The molecule has 6 rings (SSSR count). The van der Waals surface area contributed by atoms with E-state index in [2.05, 4.69) is 15.4 Å². The number of nitrogens with two attached hydrogens (primary N) is 1. The molecule has 0 radical (unpaired) electrons. The number of benzene rings is 1. The molecule has 3 fully saturated rings. The number of aliphatic hydroxyl groups is 1. The highest BCUT2D eigenvalue weighted by Gasteiger charge is 2.54. The quantitative estimate of drug-likeness (QED) is 0.300. The van der Waals surface area contributed by atoms with E-state index in [4.69, 9.17) is 17.3 Å². The Labute approximate surface area is 255 Å². The SMILES string of the molecule is Cn1cnc(C2CC3CC(O)(c4cn(C5CCC(C(N)=O)CC5)nc4C(F)(F)F)CC3C2)c1C(=O)Nc1ccc(F)c(Cl)c1. The molecule has 44 heavy (non-hydrogen) atoms. The van der Waals surface area contributed by atoms with Gasteiger partial charge in [0, 0.05) is 36.3 Å². The number of rotatable bonds is 6. The number of alkyl halides is 3. The number of carbonyl (C=O) groups is 2. The fourth-order valence-corrected chi connectivity index (χ4v) is 7.83. The second-order valence-electron chi connectivity index (χ2n) is 12.6. The lowest BCUT2D eigenvalue weighted by atomic mass is 9.85. The molecule has 3 aliphatic rings. The van der Waals surface area contributed by atoms with Gasteiger partial charge in [-0.15, -0.1) is 0 Å². The molecule has 0 aliphatic heterocycles. The number of carbonyl (C=O) groups excluding carboxylic acids is 2. The van der Waals surface area contributed by atoms with Gasteiger partial charge < -0.3 is 20.7 Å². The lowest BCUT2D eigenvalue weighted by molar-refractivity contribution is -0.144. The van der Waals surface area contributed by atoms with Crippen LogP contribution >= 0.6 is 11.6 Å². The van der Waals surface area contributed by atoms with E-state index in [9.17, 15) is 32.3 Å². The lowest BCUT2D eigenvalue weighted by Crippen LogP contribution is -2.28. The Hall–Kier alpha value is -3.45. The molecule has 2 atom stereocenters. The summed E-state index contributed by atoms with van der Waals surface area (Å²) >= 11 is 5.85. The molecule has 2 heterocycles. The lowest BCUT2D eigenvalue weighted by Gasteiger charge is -2.27. The predicted molar refractivity (Wildman–Crippen MR) is 152 cm³/mol. The monoisotopic (exact) mass is 636 g/mol. The zero-order valence-electron chi connectivity index (χ0n) is 24.0. The number of fused-ring (bicyclic) bond motifs is 1. The third-order valence-electron chi connectivity index (χ3n) is 9.76. The van der Waals surface area contributed by atoms with Gasteiger partial charge >= 0.3 is 6.18 Å². The Bertz CT molecular complexity index is 1580. The molecule has 0 spiro atoms. The van der Waals surface area contributed by atoms with Gasteiger partial charge in [0.15, 0.2) is 5.69 Å². The molecular formula is C30H33ClF4N6O3. The average Bonchev–Trinajstić information content (AvgIpc) is 3.72. The Morgan fingerprint density at radius 3 is 2.39 bits per heavy atom. The summed E-state index contributed by atoms with van der Waals surface area (Å²) in [4.78, 5) is 29.3. The Morgan fingerprint density at radius 2 is 1.80 bits per heavy atom. The number of aromatic nitrogens is 4. The van der Waals surface area contributed by atoms with Crippen molar-refractivity contribution in [2.24, 2.45) is 30.5 Å². The number of halogens is 5. The summed E-state index contributed by atoms with van der Waals surface area (Å²) in [6, 6.07) is 3.56. The van der Waals surface area contributed by atoms with Crippen LogP contribution in [-0.4, -0.2) is 36.3 Å². The Kier molecular flexibility index (Phi) is 7.76. The standard InChI is InChI=1S/C30H33ClF4N6O3/c1-40-14-37-24(25(40)28(43)38-19-4-7-23(32)22(31)10-19)16-8-17-11-29(44,12-18(17)9-16)21-13-41(39-26(21)30(33,34)35)20-5-2-15(3-6-20)27(36)42/h4,7,10,13-18,20,44H,2-3,5-6,8-9,11-12H2,1H3,(H2,36,42)(H,38,43). The van der Waals surface area contributed by atoms with Crippen molar-refractivity contribution < 1.29 is 32.3 Å². The van der Waals surface area contributed by atoms with Gasteiger partial charge in [-0.2, -0.15) is 18.3 Å². The van der Waals surface area contributed by atoms with Crippen molar-refractivity contribution in [2.75, 3.05) is 5.32 Å². The minimum Gasteiger partial charge on any atom is -0.385 e. The van der Waals surface area contributed by atoms with E-state index in [0.29, 0.717) is 55.6 Å². The highest BCUT2D eigenvalue weighted by Crippen LogP contribution is 2.58. The van der Waals surface area contributed by atoms with Gasteiger partial charge in [0.05, 0.1) is 28.7 Å². The summed E-state index contributed by atoms with van der Waals surface area (Å²) < 4.78 is 59.1. The molecule has 3 aliphatic carbocycles. The molecule has 2 unspecified atom stereocenters. The van der Waals surface area contributed by atoms with Crippen LogP contribution in [0.2, 0.25) is 5.02 Å². The van der Waals surface area contributed by atoms with E-state index in [-0.39, 0.29) is 53.1 Å². The van der Waals surface area contributed by atoms with Crippen molar-refractivity contribution in [1.82, 2.24) is 19.3 Å². The Morgan fingerprint density at radius 1 is 1.14 bits per heavy atom. The van der Waals surface area contributed by atoms with Crippen LogP contribution in [0.25, 0.3) is 0 Å². The van der Waals surface area contributed by atoms with Crippen LogP contribution in [0.5, 0.6) is 0 Å². The van der Waals surface area contributed by atoms with Crippen molar-refractivity contribution in [3.05, 3.63) is 64.2 Å². The van der Waals surface area contributed by atoms with Gasteiger partial charge in [0.2, 0.25) is 5.91 Å². The van der Waals surface area contributed by atoms with E-state index in [1.54, 1.807) is 11.6 Å². The van der Waals surface area contributed by atoms with Crippen molar-refractivity contribution in [3.8, 4) is 0 Å². The second-order valence-corrected chi connectivity index (χ2v) is 13.0. The number of amides is 2. The van der Waals surface area contributed by atoms with E-state index < -0.39 is 35.1 Å². The van der Waals surface area contributed by atoms with Crippen LogP contribution < -0.4 is 11.1 Å². The first-order chi connectivity index (χ1) is 20.7. The normalized spacial score (nSPS) is 28.7. The minimum atomic E-state index is -4.74. The molecule has 9 nitrogen and oxygen atoms in total. The van der Waals surface area contributed by atoms with Crippen molar-refractivity contribution in [3.63, 3.8) is 0 Å². The maximum absolute atomic E-state index is 14.2. The van der Waals surface area contributed by atoms with Crippen molar-refractivity contribution in [1.29, 1.82) is 0 Å². The zero-order chi connectivity index (χ0) is 31.6. The molecule has 236 valence electrons. The fraction of sp³-hybridized carbons (Fsp3) is 0.533. The Balaban J connectivity index is 1.18. The van der Waals surface area contributed by atoms with E-state index in [1.807, 2.05) is 0 Å². The first-order valence-electron chi connectivity index (χ1n) is 14.7. The smallest absolute Gasteiger partial charge is 0.385 e. The van der Waals surface area contributed by atoms with Crippen molar-refractivity contribution in [2.45, 2.75) is 75.1 Å². The second kappa shape index (κ2) is 11.2. The highest BCUT2D eigenvalue weighted by molar-refractivity contribution is 6.31. The number of imidazole rings is 1. The highest BCUT2D eigenvalue weighted by atomic mass is 35.5. The first kappa shape index (κ1) is 30.6. The molecule has 2 amide bonds. The van der Waals surface area contributed by atoms with Crippen LogP contribution in [0.3, 0.4) is 0 Å². The van der Waals surface area contributed by atoms with E-state index in [1.165, 1.54) is 29.3 Å². The van der Waals surface area contributed by atoms with Crippen LogP contribution in [0, 0.1) is 23.6 Å². The van der Waals surface area contributed by atoms with Gasteiger partial charge in [0.1, 0.15) is 11.5 Å². The van der Waals surface area contributed by atoms with E-state index >= 15 is 0 Å². The summed E-state index contributed by atoms with van der Waals surface area (Å²) in [5, 5.41) is 18.2. The van der Waals surface area contributed by atoms with Gasteiger partial charge in [-0.05, 0) is 81.4 Å². The van der Waals surface area contributed by atoms with Crippen LogP contribution in [-0.2, 0) is 23.6 Å². The number of hydrogen-bond donors (Lipinski definition) is 3. The van der Waals surface area contributed by atoms with Crippen LogP contribution in [0.4, 0.5) is 23.2 Å². The predicted octanol–water partition coefficient (Wildman–Crippen LogP) is 5.69. The maximum atomic E-state index is 14.2. The fourth-order valence-electron chi connectivity index (χ4n) is 7.65. The molecule has 3 aromatic rings. The van der Waals surface area contributed by atoms with Crippen LogP contribution in [0.15, 0.2) is 30.7 Å². The molecule has 4 N–H and O–H groups in total. The number of primary amides is 1. The zero-order valence-corrected chi connectivity index (χ0v) is 24.7. The number of aryl methyl sites for hydroxylation is 1. The largest absolute Gasteiger partial charge is 0.435 e. The van der Waals surface area contributed by atoms with E-state index in [0.717, 1.165) is 6.07 Å². The molecular weight excluding hydrogens is 604 g/mol. The molecule has 1 aromatic carbocycles. The third-order valence-corrected chi connectivity index (χ3v) is 10.1. The molecule has 3 saturated carbocycles. The topological polar surface area (TPSA) is 128 Å². The maximum Gasteiger partial charge on any atom is 0.435 e. The summed E-state index contributed by atoms with van der Waals surface area (Å²) in [6.07, 6.45) is 1.45. The molecule has 0 bridgehead atoms. The number of nitrogens with zero attached hydrogens (tertiary/aromatic N) is 4. The molecule has 2 aromatic heterocycles. The molecule has 0 saturated heterocycles. The minimum absolute atomic E-state index is 0.0748. The summed E-state index contributed by atoms with van der Waals surface area (Å²) in [5.41, 5.74) is 3.67. The number of hydrogen-bond acceptors (Lipinski definition) is 5. The van der Waals surface area contributed by atoms with Crippen molar-refractivity contribution >= 4 is 29.1 Å². The summed E-state index contributed by atoms with van der Waals surface area (Å²) in [5.74, 6) is -2.01. The molecule has 14 heteroatoms. The summed E-state index contributed by atoms with van der Waals surface area (Å²) in [6.45, 7) is 0.